The van der Waals surface area contributed by atoms with Gasteiger partial charge in [-0.2, -0.15) is 0 Å². The highest BCUT2D eigenvalue weighted by Gasteiger charge is 2.39. The molecule has 0 spiro atoms. The Balaban J connectivity index is 1.63. The molecule has 0 atom stereocenters. The molecule has 1 aliphatic heterocycles. The van der Waals surface area contributed by atoms with E-state index in [1.807, 2.05) is 0 Å². The molecule has 2 amide bonds. The Morgan fingerprint density at radius 3 is 2.42 bits per heavy atom. The summed E-state index contributed by atoms with van der Waals surface area (Å²) in [5.41, 5.74) is 1.29. The summed E-state index contributed by atoms with van der Waals surface area (Å²) in [7, 11) is 0. The van der Waals surface area contributed by atoms with Gasteiger partial charge in [0.1, 0.15) is 11.4 Å². The van der Waals surface area contributed by atoms with Gasteiger partial charge in [-0.1, -0.05) is 12.1 Å². The number of nitrogens with zero attached hydrogens (tertiary/aromatic N) is 2. The number of alkyl halides is 3. The van der Waals surface area contributed by atoms with E-state index < -0.39 is 23.9 Å². The lowest BCUT2D eigenvalue weighted by Crippen LogP contribution is -2.32. The van der Waals surface area contributed by atoms with Gasteiger partial charge in [0.2, 0.25) is 0 Å². The van der Waals surface area contributed by atoms with Gasteiger partial charge >= 0.3 is 6.36 Å². The molecule has 0 saturated carbocycles. The normalized spacial score (nSPS) is 14.4. The number of pyridine rings is 1. The number of amides is 2. The van der Waals surface area contributed by atoms with E-state index in [4.69, 9.17) is 0 Å². The summed E-state index contributed by atoms with van der Waals surface area (Å²) in [5, 5.41) is 4.67. The average molecular weight is 445 g/mol. The highest BCUT2D eigenvalue weighted by molar-refractivity contribution is 7.11. The highest BCUT2D eigenvalue weighted by atomic mass is 32.1. The minimum absolute atomic E-state index is 0.0456. The van der Waals surface area contributed by atoms with Crippen LogP contribution in [-0.2, 0) is 16.1 Å². The van der Waals surface area contributed by atoms with Gasteiger partial charge in [-0.25, -0.2) is 0 Å². The van der Waals surface area contributed by atoms with E-state index in [0.29, 0.717) is 16.1 Å². The van der Waals surface area contributed by atoms with Crippen molar-refractivity contribution in [1.29, 1.82) is 0 Å². The van der Waals surface area contributed by atoms with E-state index in [1.165, 1.54) is 23.5 Å². The summed E-state index contributed by atoms with van der Waals surface area (Å²) < 4.78 is 40.9. The van der Waals surface area contributed by atoms with Gasteiger partial charge in [0, 0.05) is 23.0 Å². The van der Waals surface area contributed by atoms with Gasteiger partial charge in [0.05, 0.1) is 12.1 Å². The van der Waals surface area contributed by atoms with Crippen LogP contribution < -0.4 is 10.1 Å². The molecule has 3 aromatic rings. The molecular weight excluding hydrogens is 431 g/mol. The molecule has 0 fully saturated rings. The van der Waals surface area contributed by atoms with Crippen LogP contribution in [0.4, 0.5) is 18.9 Å². The molecule has 1 aliphatic rings. The Morgan fingerprint density at radius 2 is 1.81 bits per heavy atom. The number of hydrogen-bond donors (Lipinski definition) is 1. The van der Waals surface area contributed by atoms with Crippen LogP contribution in [0.1, 0.15) is 10.4 Å². The van der Waals surface area contributed by atoms with Gasteiger partial charge in [-0.05, 0) is 47.3 Å². The molecule has 2 aromatic heterocycles. The number of benzene rings is 1. The molecule has 0 saturated heterocycles. The van der Waals surface area contributed by atoms with Crippen molar-refractivity contribution in [2.75, 3.05) is 5.32 Å². The number of carbonyl (C=O) groups is 2. The van der Waals surface area contributed by atoms with Crippen LogP contribution >= 0.6 is 11.3 Å². The zero-order chi connectivity index (χ0) is 22.0. The third-order valence-corrected chi connectivity index (χ3v) is 5.24. The minimum Gasteiger partial charge on any atom is -0.406 e. The topological polar surface area (TPSA) is 71.5 Å². The number of halogens is 3. The second-order valence-electron chi connectivity index (χ2n) is 6.48. The van der Waals surface area contributed by atoms with Crippen LogP contribution in [0.3, 0.4) is 0 Å². The van der Waals surface area contributed by atoms with Crippen LogP contribution in [0.2, 0.25) is 0 Å². The number of nitrogens with one attached hydrogen (secondary N) is 1. The molecular formula is C21H14F3N3O3S. The molecule has 6 nitrogen and oxygen atoms in total. The predicted octanol–water partition coefficient (Wildman–Crippen LogP) is 4.43. The Labute approximate surface area is 178 Å². The summed E-state index contributed by atoms with van der Waals surface area (Å²) in [6.07, 6.45) is -1.65. The van der Waals surface area contributed by atoms with Crippen LogP contribution in [0, 0.1) is 0 Å². The van der Waals surface area contributed by atoms with Crippen molar-refractivity contribution in [1.82, 2.24) is 9.88 Å². The fourth-order valence-electron chi connectivity index (χ4n) is 3.04. The van der Waals surface area contributed by atoms with E-state index in [9.17, 15) is 22.8 Å². The number of anilines is 1. The van der Waals surface area contributed by atoms with E-state index in [-0.39, 0.29) is 17.8 Å². The largest absolute Gasteiger partial charge is 0.573 e. The maximum Gasteiger partial charge on any atom is 0.573 e. The lowest BCUT2D eigenvalue weighted by molar-refractivity contribution is -0.274. The van der Waals surface area contributed by atoms with Crippen molar-refractivity contribution in [3.8, 4) is 5.75 Å². The van der Waals surface area contributed by atoms with E-state index in [1.54, 1.807) is 42.0 Å². The fourth-order valence-corrected chi connectivity index (χ4v) is 3.81. The molecule has 31 heavy (non-hydrogen) atoms. The Kier molecular flexibility index (Phi) is 5.47. The monoisotopic (exact) mass is 445 g/mol. The maximum atomic E-state index is 13.1. The first-order valence-corrected chi connectivity index (χ1v) is 9.86. The molecule has 0 aliphatic carbocycles. The summed E-state index contributed by atoms with van der Waals surface area (Å²) >= 11 is 1.30. The highest BCUT2D eigenvalue weighted by Crippen LogP contribution is 2.34. The first kappa shape index (κ1) is 20.6. The van der Waals surface area contributed by atoms with Gasteiger partial charge < -0.3 is 10.1 Å². The second kappa shape index (κ2) is 8.23. The number of carbonyl (C=O) groups excluding carboxylic acids is 2. The lowest BCUT2D eigenvalue weighted by atomic mass is 10.2. The van der Waals surface area contributed by atoms with Crippen LogP contribution in [-0.4, -0.2) is 28.1 Å². The predicted molar refractivity (Wildman–Crippen MR) is 108 cm³/mol. The first-order chi connectivity index (χ1) is 14.8. The SMILES string of the molecule is O=C1C(Nc2ccc(OC(F)(F)F)cc2)=C(c2cccs2)C(=O)N1Cc1cccnc1. The number of imide groups is 1. The third kappa shape index (κ3) is 4.58. The lowest BCUT2D eigenvalue weighted by Gasteiger charge is -2.15. The smallest absolute Gasteiger partial charge is 0.406 e. The number of rotatable bonds is 6. The van der Waals surface area contributed by atoms with Gasteiger partial charge in [-0.3, -0.25) is 19.5 Å². The standard InChI is InChI=1S/C21H14F3N3O3S/c22-21(23,24)30-15-7-5-14(6-8-15)26-18-17(16-4-2-10-31-16)19(28)27(20(18)29)12-13-3-1-9-25-11-13/h1-11,26H,12H2. The molecule has 0 unspecified atom stereocenters. The molecule has 4 rings (SSSR count). The Hall–Kier alpha value is -3.66. The van der Waals surface area contributed by atoms with Crippen molar-refractivity contribution in [2.24, 2.45) is 0 Å². The Bertz CT molecular complexity index is 1130. The third-order valence-electron chi connectivity index (χ3n) is 4.36. The van der Waals surface area contributed by atoms with Crippen LogP contribution in [0.15, 0.2) is 72.0 Å². The van der Waals surface area contributed by atoms with E-state index in [2.05, 4.69) is 15.0 Å². The maximum absolute atomic E-state index is 13.1. The number of hydrogen-bond acceptors (Lipinski definition) is 6. The summed E-state index contributed by atoms with van der Waals surface area (Å²) in [6.45, 7) is 0.0456. The van der Waals surface area contributed by atoms with Crippen LogP contribution in [0.25, 0.3) is 5.57 Å². The zero-order valence-corrected chi connectivity index (χ0v) is 16.5. The molecule has 1 N–H and O–H groups in total. The minimum atomic E-state index is -4.80. The molecule has 158 valence electrons. The summed E-state index contributed by atoms with van der Waals surface area (Å²) in [6, 6.07) is 11.9. The fraction of sp³-hybridized carbons (Fsp3) is 0.0952. The second-order valence-corrected chi connectivity index (χ2v) is 7.43. The van der Waals surface area contributed by atoms with Crippen molar-refractivity contribution >= 4 is 34.4 Å². The Morgan fingerprint density at radius 1 is 1.03 bits per heavy atom. The van der Waals surface area contributed by atoms with Crippen molar-refractivity contribution in [3.05, 3.63) is 82.4 Å². The van der Waals surface area contributed by atoms with E-state index in [0.717, 1.165) is 17.0 Å². The van der Waals surface area contributed by atoms with Crippen molar-refractivity contribution < 1.29 is 27.5 Å². The van der Waals surface area contributed by atoms with E-state index >= 15 is 0 Å². The van der Waals surface area contributed by atoms with Crippen molar-refractivity contribution in [2.45, 2.75) is 12.9 Å². The molecule has 0 bridgehead atoms. The number of ether oxygens (including phenoxy) is 1. The first-order valence-electron chi connectivity index (χ1n) is 8.98. The van der Waals surface area contributed by atoms with Crippen LogP contribution in [0.5, 0.6) is 5.75 Å². The van der Waals surface area contributed by atoms with Gasteiger partial charge in [0.15, 0.2) is 0 Å². The molecule has 0 radical (unpaired) electrons. The quantitative estimate of drug-likeness (QED) is 0.569. The van der Waals surface area contributed by atoms with Gasteiger partial charge in [0.25, 0.3) is 11.8 Å². The number of aromatic nitrogens is 1. The zero-order valence-electron chi connectivity index (χ0n) is 15.7. The van der Waals surface area contributed by atoms with Crippen molar-refractivity contribution in [3.63, 3.8) is 0 Å². The molecule has 3 heterocycles. The summed E-state index contributed by atoms with van der Waals surface area (Å²) in [4.78, 5) is 31.9. The molecule has 10 heteroatoms. The summed E-state index contributed by atoms with van der Waals surface area (Å²) in [5.74, 6) is -1.39. The average Bonchev–Trinajstić information content (AvgIpc) is 3.32. The molecule has 1 aromatic carbocycles. The number of thiophene rings is 1. The van der Waals surface area contributed by atoms with Gasteiger partial charge in [-0.15, -0.1) is 24.5 Å².